The molecule has 0 unspecified atom stereocenters. The fourth-order valence-corrected chi connectivity index (χ4v) is 4.32. The van der Waals surface area contributed by atoms with Crippen molar-refractivity contribution in [1.82, 2.24) is 9.21 Å². The zero-order valence-electron chi connectivity index (χ0n) is 14.6. The molecule has 2 aromatic rings. The lowest BCUT2D eigenvalue weighted by molar-refractivity contribution is -0.685. The van der Waals surface area contributed by atoms with Gasteiger partial charge in [0.25, 0.3) is 5.91 Å². The number of sulfonamides is 1. The molecular weight excluding hydrogens is 354 g/mol. The predicted molar refractivity (Wildman–Crippen MR) is 94.8 cm³/mol. The van der Waals surface area contributed by atoms with Crippen molar-refractivity contribution in [3.63, 3.8) is 0 Å². The number of aromatic hydroxyl groups is 1. The van der Waals surface area contributed by atoms with Crippen molar-refractivity contribution < 1.29 is 22.9 Å². The average molecular weight is 376 g/mol. The number of rotatable bonds is 4. The Balaban J connectivity index is 1.61. The first-order chi connectivity index (χ1) is 12.4. The van der Waals surface area contributed by atoms with Crippen molar-refractivity contribution in [2.75, 3.05) is 26.2 Å². The number of benzene rings is 1. The van der Waals surface area contributed by atoms with Gasteiger partial charge in [0.2, 0.25) is 22.8 Å². The maximum absolute atomic E-state index is 12.7. The fraction of sp³-hybridized carbons (Fsp3) is 0.333. The van der Waals surface area contributed by atoms with Gasteiger partial charge < -0.3 is 10.0 Å². The van der Waals surface area contributed by atoms with Crippen LogP contribution in [0.1, 0.15) is 5.56 Å². The molecule has 1 N–H and O–H groups in total. The number of pyridine rings is 1. The molecule has 1 fully saturated rings. The topological polar surface area (TPSA) is 81.8 Å². The Hall–Kier alpha value is -2.45. The molecule has 3 rings (SSSR count). The van der Waals surface area contributed by atoms with Gasteiger partial charge in [-0.25, -0.2) is 8.42 Å². The highest BCUT2D eigenvalue weighted by Gasteiger charge is 2.30. The number of amides is 1. The summed E-state index contributed by atoms with van der Waals surface area (Å²) in [4.78, 5) is 14.3. The highest BCUT2D eigenvalue weighted by molar-refractivity contribution is 7.89. The van der Waals surface area contributed by atoms with Gasteiger partial charge in [-0.3, -0.25) is 4.79 Å². The first-order valence-electron chi connectivity index (χ1n) is 8.39. The molecule has 1 saturated heterocycles. The maximum Gasteiger partial charge on any atom is 0.288 e. The van der Waals surface area contributed by atoms with E-state index in [0.717, 1.165) is 5.56 Å². The molecular formula is C18H22N3O4S+. The number of hydrogen-bond donors (Lipinski definition) is 1. The van der Waals surface area contributed by atoms with Gasteiger partial charge in [-0.05, 0) is 25.1 Å². The van der Waals surface area contributed by atoms with Gasteiger partial charge in [-0.1, -0.05) is 17.7 Å². The second-order valence-electron chi connectivity index (χ2n) is 6.33. The fourth-order valence-electron chi connectivity index (χ4n) is 2.90. The first kappa shape index (κ1) is 18.3. The third-order valence-corrected chi connectivity index (χ3v) is 6.32. The quantitative estimate of drug-likeness (QED) is 0.789. The second-order valence-corrected chi connectivity index (χ2v) is 8.27. The van der Waals surface area contributed by atoms with Crippen molar-refractivity contribution in [2.45, 2.75) is 18.4 Å². The Morgan fingerprint density at radius 3 is 2.38 bits per heavy atom. The molecule has 26 heavy (non-hydrogen) atoms. The van der Waals surface area contributed by atoms with Crippen LogP contribution in [-0.2, 0) is 21.4 Å². The molecule has 0 atom stereocenters. The molecule has 1 aliphatic heterocycles. The van der Waals surface area contributed by atoms with E-state index in [1.54, 1.807) is 46.0 Å². The molecule has 8 heteroatoms. The molecule has 2 heterocycles. The molecule has 0 spiro atoms. The van der Waals surface area contributed by atoms with Gasteiger partial charge in [0.1, 0.15) is 0 Å². The number of hydrogen-bond acceptors (Lipinski definition) is 4. The number of piperazine rings is 1. The van der Waals surface area contributed by atoms with Crippen LogP contribution in [0.4, 0.5) is 0 Å². The van der Waals surface area contributed by atoms with E-state index in [-0.39, 0.29) is 36.2 Å². The van der Waals surface area contributed by atoms with Crippen molar-refractivity contribution in [3.05, 3.63) is 54.4 Å². The highest BCUT2D eigenvalue weighted by atomic mass is 32.2. The molecule has 0 aliphatic carbocycles. The summed E-state index contributed by atoms with van der Waals surface area (Å²) in [6.45, 7) is 3.26. The molecule has 0 radical (unpaired) electrons. The van der Waals surface area contributed by atoms with E-state index in [1.165, 1.54) is 16.6 Å². The van der Waals surface area contributed by atoms with Crippen molar-refractivity contribution in [2.24, 2.45) is 0 Å². The molecule has 138 valence electrons. The van der Waals surface area contributed by atoms with Crippen molar-refractivity contribution in [3.8, 4) is 5.75 Å². The molecule has 1 aromatic carbocycles. The van der Waals surface area contributed by atoms with E-state index in [0.29, 0.717) is 13.1 Å². The summed E-state index contributed by atoms with van der Waals surface area (Å²) in [5.41, 5.74) is 1.00. The maximum atomic E-state index is 12.7. The minimum Gasteiger partial charge on any atom is -0.503 e. The van der Waals surface area contributed by atoms with Crippen LogP contribution in [0.2, 0.25) is 0 Å². The van der Waals surface area contributed by atoms with Gasteiger partial charge in [-0.2, -0.15) is 8.87 Å². The molecule has 7 nitrogen and oxygen atoms in total. The Labute approximate surface area is 153 Å². The van der Waals surface area contributed by atoms with E-state index < -0.39 is 10.0 Å². The summed E-state index contributed by atoms with van der Waals surface area (Å²) in [7, 11) is -3.54. The largest absolute Gasteiger partial charge is 0.503 e. The van der Waals surface area contributed by atoms with Crippen LogP contribution in [0.3, 0.4) is 0 Å². The lowest BCUT2D eigenvalue weighted by atomic mass is 10.2. The van der Waals surface area contributed by atoms with Gasteiger partial charge in [0.15, 0.2) is 11.9 Å². The van der Waals surface area contributed by atoms with E-state index in [9.17, 15) is 18.3 Å². The number of aromatic nitrogens is 1. The Morgan fingerprint density at radius 2 is 1.77 bits per heavy atom. The monoisotopic (exact) mass is 376 g/mol. The SMILES string of the molecule is Cc1ccc(S(=O)(=O)N2CCN(C(=O)C[n+]3cccc(O)c3)CC2)cc1. The smallest absolute Gasteiger partial charge is 0.288 e. The van der Waals surface area contributed by atoms with Crippen LogP contribution in [-0.4, -0.2) is 54.8 Å². The van der Waals surface area contributed by atoms with E-state index in [4.69, 9.17) is 0 Å². The van der Waals surface area contributed by atoms with Crippen LogP contribution in [0.5, 0.6) is 5.75 Å². The van der Waals surface area contributed by atoms with E-state index in [1.807, 2.05) is 6.92 Å². The van der Waals surface area contributed by atoms with Crippen LogP contribution < -0.4 is 4.57 Å². The zero-order valence-corrected chi connectivity index (χ0v) is 15.4. The van der Waals surface area contributed by atoms with Gasteiger partial charge >= 0.3 is 0 Å². The van der Waals surface area contributed by atoms with Gasteiger partial charge in [0, 0.05) is 32.2 Å². The third kappa shape index (κ3) is 4.03. The number of aryl methyl sites for hydroxylation is 1. The minimum atomic E-state index is -3.54. The summed E-state index contributed by atoms with van der Waals surface area (Å²) >= 11 is 0. The molecule has 0 saturated carbocycles. The second kappa shape index (κ2) is 7.43. The first-order valence-corrected chi connectivity index (χ1v) is 9.83. The molecule has 1 amide bonds. The van der Waals surface area contributed by atoms with Crippen molar-refractivity contribution >= 4 is 15.9 Å². The predicted octanol–water partition coefficient (Wildman–Crippen LogP) is 0.521. The lowest BCUT2D eigenvalue weighted by Crippen LogP contribution is -2.53. The lowest BCUT2D eigenvalue weighted by Gasteiger charge is -2.33. The molecule has 1 aliphatic rings. The Bertz CT molecular complexity index is 889. The van der Waals surface area contributed by atoms with Crippen LogP contribution in [0, 0.1) is 6.92 Å². The summed E-state index contributed by atoms with van der Waals surface area (Å²) in [5, 5.41) is 9.47. The number of nitrogens with zero attached hydrogens (tertiary/aromatic N) is 3. The highest BCUT2D eigenvalue weighted by Crippen LogP contribution is 2.18. The summed E-state index contributed by atoms with van der Waals surface area (Å²) < 4.78 is 28.4. The summed E-state index contributed by atoms with van der Waals surface area (Å²) in [6, 6.07) is 9.98. The van der Waals surface area contributed by atoms with E-state index in [2.05, 4.69) is 0 Å². The molecule has 1 aromatic heterocycles. The normalized spacial score (nSPS) is 15.8. The zero-order chi connectivity index (χ0) is 18.7. The van der Waals surface area contributed by atoms with Crippen LogP contribution in [0.15, 0.2) is 53.7 Å². The van der Waals surface area contributed by atoms with Gasteiger partial charge in [0.05, 0.1) is 4.90 Å². The Morgan fingerprint density at radius 1 is 1.12 bits per heavy atom. The van der Waals surface area contributed by atoms with Crippen LogP contribution >= 0.6 is 0 Å². The average Bonchev–Trinajstić information content (AvgIpc) is 2.62. The molecule has 0 bridgehead atoms. The third-order valence-electron chi connectivity index (χ3n) is 4.41. The number of carbonyl (C=O) groups excluding carboxylic acids is 1. The minimum absolute atomic E-state index is 0.0920. The summed E-state index contributed by atoms with van der Waals surface area (Å²) in [6.07, 6.45) is 3.19. The number of carbonyl (C=O) groups is 1. The van der Waals surface area contributed by atoms with Gasteiger partial charge in [-0.15, -0.1) is 0 Å². The van der Waals surface area contributed by atoms with Crippen molar-refractivity contribution in [1.29, 1.82) is 0 Å². The van der Waals surface area contributed by atoms with Crippen LogP contribution in [0.25, 0.3) is 0 Å². The summed E-state index contributed by atoms with van der Waals surface area (Å²) in [5.74, 6) is -0.0118. The van der Waals surface area contributed by atoms with E-state index >= 15 is 0 Å². The Kier molecular flexibility index (Phi) is 5.24. The standard InChI is InChI=1S/C18H21N3O4S/c1-15-4-6-17(7-5-15)26(24,25)21-11-9-20(10-12-21)18(23)14-19-8-2-3-16(22)13-19/h2-8,13H,9-12,14H2,1H3/p+1.